The molecule has 3 rings (SSSR count). The average molecular weight is 254 g/mol. The number of aromatic nitrogens is 1. The zero-order valence-corrected chi connectivity index (χ0v) is 11.6. The van der Waals surface area contributed by atoms with Crippen molar-refractivity contribution in [3.8, 4) is 0 Å². The Hall–Kier alpha value is -1.41. The number of pyridine rings is 1. The van der Waals surface area contributed by atoms with E-state index in [1.165, 1.54) is 30.2 Å². The lowest BCUT2D eigenvalue weighted by Crippen LogP contribution is -2.31. The highest BCUT2D eigenvalue weighted by atomic mass is 14.9. The van der Waals surface area contributed by atoms with Gasteiger partial charge in [0.25, 0.3) is 0 Å². The van der Waals surface area contributed by atoms with Gasteiger partial charge in [-0.2, -0.15) is 0 Å². The third-order valence-corrected chi connectivity index (χ3v) is 4.12. The molecule has 0 bridgehead atoms. The number of fused-ring (bicyclic) bond motifs is 1. The van der Waals surface area contributed by atoms with E-state index in [0.717, 1.165) is 24.4 Å². The number of hydrogen-bond acceptors (Lipinski definition) is 2. The molecule has 2 heteroatoms. The Morgan fingerprint density at radius 3 is 2.95 bits per heavy atom. The molecule has 2 aromatic rings. The monoisotopic (exact) mass is 254 g/mol. The van der Waals surface area contributed by atoms with E-state index in [0.29, 0.717) is 6.04 Å². The first-order valence-electron chi connectivity index (χ1n) is 7.44. The van der Waals surface area contributed by atoms with Gasteiger partial charge < -0.3 is 5.32 Å². The summed E-state index contributed by atoms with van der Waals surface area (Å²) in [5.74, 6) is 0.924. The van der Waals surface area contributed by atoms with Crippen LogP contribution in [-0.4, -0.2) is 17.6 Å². The fourth-order valence-electron chi connectivity index (χ4n) is 2.96. The van der Waals surface area contributed by atoms with Crippen LogP contribution in [0.25, 0.3) is 10.9 Å². The van der Waals surface area contributed by atoms with Crippen molar-refractivity contribution in [2.24, 2.45) is 5.92 Å². The van der Waals surface area contributed by atoms with Crippen LogP contribution in [0.3, 0.4) is 0 Å². The van der Waals surface area contributed by atoms with Crippen molar-refractivity contribution in [2.75, 3.05) is 6.54 Å². The first-order valence-corrected chi connectivity index (χ1v) is 7.44. The topological polar surface area (TPSA) is 24.9 Å². The quantitative estimate of drug-likeness (QED) is 0.852. The predicted octanol–water partition coefficient (Wildman–Crippen LogP) is 3.56. The van der Waals surface area contributed by atoms with Crippen LogP contribution >= 0.6 is 0 Å². The second-order valence-electron chi connectivity index (χ2n) is 5.53. The van der Waals surface area contributed by atoms with Crippen LogP contribution in [0.2, 0.25) is 0 Å². The van der Waals surface area contributed by atoms with Crippen LogP contribution in [0.5, 0.6) is 0 Å². The van der Waals surface area contributed by atoms with Crippen LogP contribution in [0, 0.1) is 5.92 Å². The molecule has 0 aliphatic heterocycles. The van der Waals surface area contributed by atoms with Crippen LogP contribution in [0.4, 0.5) is 0 Å². The lowest BCUT2D eigenvalue weighted by atomic mass is 9.99. The Bertz CT molecular complexity index is 540. The molecule has 1 aromatic carbocycles. The summed E-state index contributed by atoms with van der Waals surface area (Å²) < 4.78 is 0. The van der Waals surface area contributed by atoms with E-state index < -0.39 is 0 Å². The van der Waals surface area contributed by atoms with Gasteiger partial charge >= 0.3 is 0 Å². The molecule has 1 unspecified atom stereocenters. The van der Waals surface area contributed by atoms with Gasteiger partial charge in [-0.3, -0.25) is 4.98 Å². The molecule has 1 aliphatic rings. The number of hydrogen-bond donors (Lipinski definition) is 1. The summed E-state index contributed by atoms with van der Waals surface area (Å²) in [7, 11) is 0. The van der Waals surface area contributed by atoms with E-state index in [-0.39, 0.29) is 0 Å². The van der Waals surface area contributed by atoms with Crippen molar-refractivity contribution in [3.63, 3.8) is 0 Å². The Labute approximate surface area is 115 Å². The van der Waals surface area contributed by atoms with Crippen molar-refractivity contribution in [1.29, 1.82) is 0 Å². The first kappa shape index (κ1) is 12.6. The Morgan fingerprint density at radius 2 is 2.16 bits per heavy atom. The molecule has 0 saturated heterocycles. The molecule has 1 heterocycles. The SMILES string of the molecule is CCNC(CCc1cccc2ncccc12)C1CC1. The number of nitrogens with zero attached hydrogens (tertiary/aromatic N) is 1. The van der Waals surface area contributed by atoms with Gasteiger partial charge in [0.1, 0.15) is 0 Å². The van der Waals surface area contributed by atoms with E-state index in [9.17, 15) is 0 Å². The molecular formula is C17H22N2. The zero-order valence-electron chi connectivity index (χ0n) is 11.6. The molecule has 0 spiro atoms. The van der Waals surface area contributed by atoms with Crippen LogP contribution in [0.1, 0.15) is 31.7 Å². The van der Waals surface area contributed by atoms with Crippen molar-refractivity contribution in [3.05, 3.63) is 42.1 Å². The molecule has 0 radical (unpaired) electrons. The lowest BCUT2D eigenvalue weighted by molar-refractivity contribution is 0.447. The fourth-order valence-corrected chi connectivity index (χ4v) is 2.96. The van der Waals surface area contributed by atoms with Gasteiger partial charge in [0.05, 0.1) is 5.52 Å². The number of benzene rings is 1. The van der Waals surface area contributed by atoms with Crippen molar-refractivity contribution >= 4 is 10.9 Å². The molecule has 100 valence electrons. The molecule has 1 aromatic heterocycles. The van der Waals surface area contributed by atoms with E-state index in [1.54, 1.807) is 0 Å². The molecule has 1 atom stereocenters. The van der Waals surface area contributed by atoms with E-state index in [4.69, 9.17) is 0 Å². The third-order valence-electron chi connectivity index (χ3n) is 4.12. The number of rotatable bonds is 6. The summed E-state index contributed by atoms with van der Waals surface area (Å²) in [5.41, 5.74) is 2.56. The van der Waals surface area contributed by atoms with Crippen molar-refractivity contribution in [1.82, 2.24) is 10.3 Å². The molecule has 1 fully saturated rings. The predicted molar refractivity (Wildman–Crippen MR) is 80.3 cm³/mol. The summed E-state index contributed by atoms with van der Waals surface area (Å²) in [6.45, 7) is 3.29. The van der Waals surface area contributed by atoms with E-state index in [2.05, 4.69) is 41.5 Å². The largest absolute Gasteiger partial charge is 0.314 e. The molecular weight excluding hydrogens is 232 g/mol. The minimum Gasteiger partial charge on any atom is -0.314 e. The molecule has 19 heavy (non-hydrogen) atoms. The van der Waals surface area contributed by atoms with Crippen molar-refractivity contribution in [2.45, 2.75) is 38.6 Å². The van der Waals surface area contributed by atoms with Gasteiger partial charge in [0, 0.05) is 17.6 Å². The number of nitrogens with one attached hydrogen (secondary N) is 1. The normalized spacial score (nSPS) is 16.7. The first-order chi connectivity index (χ1) is 9.38. The fraction of sp³-hybridized carbons (Fsp3) is 0.471. The summed E-state index contributed by atoms with van der Waals surface area (Å²) >= 11 is 0. The summed E-state index contributed by atoms with van der Waals surface area (Å²) in [6, 6.07) is 11.4. The molecule has 1 aliphatic carbocycles. The Kier molecular flexibility index (Phi) is 3.79. The van der Waals surface area contributed by atoms with E-state index >= 15 is 0 Å². The van der Waals surface area contributed by atoms with Gasteiger partial charge in [-0.1, -0.05) is 25.1 Å². The minimum atomic E-state index is 0.705. The summed E-state index contributed by atoms with van der Waals surface area (Å²) in [6.07, 6.45) is 7.09. The van der Waals surface area contributed by atoms with Crippen LogP contribution in [0.15, 0.2) is 36.5 Å². The lowest BCUT2D eigenvalue weighted by Gasteiger charge is -2.17. The van der Waals surface area contributed by atoms with Crippen LogP contribution < -0.4 is 5.32 Å². The standard InChI is InChI=1S/C17H22N2/c1-2-18-16(14-8-9-14)11-10-13-5-3-7-17-15(13)6-4-12-19-17/h3-7,12,14,16,18H,2,8-11H2,1H3. The van der Waals surface area contributed by atoms with Gasteiger partial charge in [-0.15, -0.1) is 0 Å². The minimum absolute atomic E-state index is 0.705. The second kappa shape index (κ2) is 5.70. The van der Waals surface area contributed by atoms with Gasteiger partial charge in [0.15, 0.2) is 0 Å². The zero-order chi connectivity index (χ0) is 13.1. The summed E-state index contributed by atoms with van der Waals surface area (Å²) in [4.78, 5) is 4.44. The molecule has 1 N–H and O–H groups in total. The van der Waals surface area contributed by atoms with E-state index in [1.807, 2.05) is 12.3 Å². The Morgan fingerprint density at radius 1 is 1.26 bits per heavy atom. The molecule has 2 nitrogen and oxygen atoms in total. The highest BCUT2D eigenvalue weighted by Crippen LogP contribution is 2.34. The van der Waals surface area contributed by atoms with Gasteiger partial charge in [0.2, 0.25) is 0 Å². The summed E-state index contributed by atoms with van der Waals surface area (Å²) in [5, 5.41) is 4.96. The maximum atomic E-state index is 4.44. The Balaban J connectivity index is 1.74. The average Bonchev–Trinajstić information content (AvgIpc) is 3.28. The van der Waals surface area contributed by atoms with Gasteiger partial charge in [-0.05, 0) is 55.8 Å². The third kappa shape index (κ3) is 2.95. The highest BCUT2D eigenvalue weighted by Gasteiger charge is 2.30. The number of aryl methyl sites for hydroxylation is 1. The van der Waals surface area contributed by atoms with Gasteiger partial charge in [-0.25, -0.2) is 0 Å². The molecule has 1 saturated carbocycles. The maximum Gasteiger partial charge on any atom is 0.0704 e. The smallest absolute Gasteiger partial charge is 0.0704 e. The highest BCUT2D eigenvalue weighted by molar-refractivity contribution is 5.81. The second-order valence-corrected chi connectivity index (χ2v) is 5.53. The van der Waals surface area contributed by atoms with Crippen LogP contribution in [-0.2, 0) is 6.42 Å². The van der Waals surface area contributed by atoms with Crippen molar-refractivity contribution < 1.29 is 0 Å². The maximum absolute atomic E-state index is 4.44. The molecule has 0 amide bonds.